The fraction of sp³-hybridized carbons (Fsp3) is 0.529. The van der Waals surface area contributed by atoms with Gasteiger partial charge in [0, 0.05) is 0 Å². The smallest absolute Gasteiger partial charge is 0.423 e. The quantitative estimate of drug-likeness (QED) is 0.101. The number of ether oxygens (including phenoxy) is 4. The SMILES string of the molecule is CC(C)(C)CC(C)(C)COC(=O)c1c(Cl)c(Cl)cc(Cl)c1OC(=O)C(=O)Oc1c(Cl)cc(Cl)c(Cl)c1C(=O)OCC(C)(C)CC(C)(C)C. The van der Waals surface area contributed by atoms with Gasteiger partial charge in [-0.1, -0.05) is 139 Å². The molecule has 0 saturated carbocycles. The van der Waals surface area contributed by atoms with Crippen molar-refractivity contribution in [1.29, 1.82) is 0 Å². The Bertz CT molecular complexity index is 1470. The summed E-state index contributed by atoms with van der Waals surface area (Å²) in [5.41, 5.74) is -1.99. The summed E-state index contributed by atoms with van der Waals surface area (Å²) >= 11 is 37.5. The van der Waals surface area contributed by atoms with E-state index < -0.39 is 57.3 Å². The molecule has 0 N–H and O–H groups in total. The van der Waals surface area contributed by atoms with Gasteiger partial charge >= 0.3 is 23.9 Å². The molecule has 0 bridgehead atoms. The van der Waals surface area contributed by atoms with Gasteiger partial charge in [0.2, 0.25) is 0 Å². The van der Waals surface area contributed by atoms with Crippen LogP contribution in [0.1, 0.15) is 103 Å². The van der Waals surface area contributed by atoms with Gasteiger partial charge in [-0.2, -0.15) is 0 Å². The number of halogens is 6. The molecule has 2 aromatic carbocycles. The van der Waals surface area contributed by atoms with Gasteiger partial charge in [0.25, 0.3) is 0 Å². The standard InChI is InChI=1S/C34H40Cl6O8/c1-31(2,3)13-33(7,8)15-45-27(41)21-23(39)17(35)11-19(37)25(21)47-29(43)30(44)48-26-20(38)12-18(36)24(40)22(26)28(42)46-16-34(9,10)14-32(4,5)6/h11-12H,13-16H2,1-10H3. The molecule has 0 radical (unpaired) electrons. The Kier molecular flexibility index (Phi) is 14.0. The van der Waals surface area contributed by atoms with Crippen molar-refractivity contribution in [1.82, 2.24) is 0 Å². The molecular weight excluding hydrogens is 749 g/mol. The molecule has 0 aliphatic rings. The maximum Gasteiger partial charge on any atom is 0.423 e. The Hall–Kier alpha value is -1.94. The number of esters is 4. The molecule has 266 valence electrons. The van der Waals surface area contributed by atoms with E-state index in [1.54, 1.807) is 0 Å². The molecule has 0 aliphatic carbocycles. The van der Waals surface area contributed by atoms with E-state index >= 15 is 0 Å². The molecule has 8 nitrogen and oxygen atoms in total. The Balaban J connectivity index is 2.39. The molecule has 0 heterocycles. The monoisotopic (exact) mass is 786 g/mol. The van der Waals surface area contributed by atoms with Gasteiger partial charge in [-0.3, -0.25) is 0 Å². The summed E-state index contributed by atoms with van der Waals surface area (Å²) < 4.78 is 21.4. The Morgan fingerprint density at radius 3 is 1.08 bits per heavy atom. The number of rotatable bonds is 10. The molecule has 0 amide bonds. The highest BCUT2D eigenvalue weighted by Gasteiger charge is 2.34. The van der Waals surface area contributed by atoms with Gasteiger partial charge in [0.1, 0.15) is 11.1 Å². The molecule has 48 heavy (non-hydrogen) atoms. The zero-order valence-electron chi connectivity index (χ0n) is 28.5. The van der Waals surface area contributed by atoms with Gasteiger partial charge in [0.05, 0.1) is 43.3 Å². The van der Waals surface area contributed by atoms with Crippen molar-refractivity contribution >= 4 is 93.5 Å². The number of hydrogen-bond acceptors (Lipinski definition) is 8. The lowest BCUT2D eigenvalue weighted by Crippen LogP contribution is -2.29. The van der Waals surface area contributed by atoms with E-state index in [1.807, 2.05) is 69.2 Å². The predicted molar refractivity (Wildman–Crippen MR) is 190 cm³/mol. The molecular formula is C34H40Cl6O8. The van der Waals surface area contributed by atoms with Gasteiger partial charge in [-0.05, 0) is 46.6 Å². The fourth-order valence-electron chi connectivity index (χ4n) is 5.63. The minimum Gasteiger partial charge on any atom is -0.461 e. The van der Waals surface area contributed by atoms with Crippen LogP contribution < -0.4 is 9.47 Å². The second-order valence-corrected chi connectivity index (χ2v) is 17.8. The third-order valence-electron chi connectivity index (χ3n) is 6.42. The minimum atomic E-state index is -1.66. The number of hydrogen-bond donors (Lipinski definition) is 0. The molecule has 0 spiro atoms. The fourth-order valence-corrected chi connectivity index (χ4v) is 7.07. The van der Waals surface area contributed by atoms with Crippen LogP contribution in [0.5, 0.6) is 11.5 Å². The lowest BCUT2D eigenvalue weighted by Gasteiger charge is -2.32. The van der Waals surface area contributed by atoms with Crippen LogP contribution >= 0.6 is 69.6 Å². The second kappa shape index (κ2) is 15.9. The molecule has 0 saturated heterocycles. The molecule has 2 aromatic rings. The van der Waals surface area contributed by atoms with E-state index in [9.17, 15) is 19.2 Å². The highest BCUT2D eigenvalue weighted by Crippen LogP contribution is 2.43. The molecule has 0 atom stereocenters. The maximum atomic E-state index is 13.3. The second-order valence-electron chi connectivity index (χ2n) is 15.5. The Labute approximate surface area is 311 Å². The van der Waals surface area contributed by atoms with Crippen LogP contribution in [0, 0.1) is 21.7 Å². The topological polar surface area (TPSA) is 105 Å². The average molecular weight is 789 g/mol. The molecule has 0 unspecified atom stereocenters. The van der Waals surface area contributed by atoms with E-state index in [0.29, 0.717) is 12.8 Å². The summed E-state index contributed by atoms with van der Waals surface area (Å²) in [6.07, 6.45) is 1.40. The first-order valence-electron chi connectivity index (χ1n) is 14.8. The Morgan fingerprint density at radius 1 is 0.521 bits per heavy atom. The van der Waals surface area contributed by atoms with Gasteiger partial charge in [-0.15, -0.1) is 0 Å². The van der Waals surface area contributed by atoms with Crippen LogP contribution in [0.3, 0.4) is 0 Å². The predicted octanol–water partition coefficient (Wildman–Crippen LogP) is 11.4. The van der Waals surface area contributed by atoms with Gasteiger partial charge < -0.3 is 18.9 Å². The first-order chi connectivity index (χ1) is 21.6. The van der Waals surface area contributed by atoms with E-state index in [-0.39, 0.29) is 54.2 Å². The summed E-state index contributed by atoms with van der Waals surface area (Å²) in [4.78, 5) is 52.6. The first kappa shape index (κ1) is 42.2. The van der Waals surface area contributed by atoms with Gasteiger partial charge in [-0.25, -0.2) is 19.2 Å². The molecule has 2 rings (SSSR count). The first-order valence-corrected chi connectivity index (χ1v) is 17.0. The van der Waals surface area contributed by atoms with Crippen LogP contribution in [0.4, 0.5) is 0 Å². The lowest BCUT2D eigenvalue weighted by atomic mass is 9.77. The third kappa shape index (κ3) is 12.1. The zero-order valence-corrected chi connectivity index (χ0v) is 33.1. The summed E-state index contributed by atoms with van der Waals surface area (Å²) in [5, 5.41) is -1.60. The average Bonchev–Trinajstić information content (AvgIpc) is 2.89. The maximum absolute atomic E-state index is 13.3. The number of carbonyl (C=O) groups excluding carboxylic acids is 4. The number of carbonyl (C=O) groups is 4. The third-order valence-corrected chi connectivity index (χ3v) is 8.56. The van der Waals surface area contributed by atoms with Crippen LogP contribution in [0.15, 0.2) is 12.1 Å². The molecule has 0 fully saturated rings. The normalized spacial score (nSPS) is 12.4. The molecule has 14 heteroatoms. The zero-order chi connectivity index (χ0) is 37.2. The van der Waals surface area contributed by atoms with E-state index in [0.717, 1.165) is 12.1 Å². The minimum absolute atomic E-state index is 0.0267. The highest BCUT2D eigenvalue weighted by molar-refractivity contribution is 6.47. The van der Waals surface area contributed by atoms with E-state index in [1.165, 1.54) is 0 Å². The summed E-state index contributed by atoms with van der Waals surface area (Å²) in [6.45, 7) is 19.9. The van der Waals surface area contributed by atoms with Crippen molar-refractivity contribution in [2.75, 3.05) is 13.2 Å². The van der Waals surface area contributed by atoms with E-state index in [2.05, 4.69) is 0 Å². The van der Waals surface area contributed by atoms with Crippen molar-refractivity contribution in [3.05, 3.63) is 53.4 Å². The highest BCUT2D eigenvalue weighted by atomic mass is 35.5. The lowest BCUT2D eigenvalue weighted by molar-refractivity contribution is -0.156. The summed E-state index contributed by atoms with van der Waals surface area (Å²) in [6, 6.07) is 2.23. The summed E-state index contributed by atoms with van der Waals surface area (Å²) in [5.74, 6) is -6.54. The largest absolute Gasteiger partial charge is 0.461 e. The van der Waals surface area contributed by atoms with Crippen molar-refractivity contribution in [2.45, 2.75) is 82.1 Å². The van der Waals surface area contributed by atoms with Crippen molar-refractivity contribution < 1.29 is 38.1 Å². The van der Waals surface area contributed by atoms with Crippen molar-refractivity contribution in [3.8, 4) is 11.5 Å². The van der Waals surface area contributed by atoms with Crippen LogP contribution in [0.2, 0.25) is 30.1 Å². The van der Waals surface area contributed by atoms with Crippen LogP contribution in [0.25, 0.3) is 0 Å². The molecule has 0 aromatic heterocycles. The van der Waals surface area contributed by atoms with Crippen molar-refractivity contribution in [3.63, 3.8) is 0 Å². The number of benzene rings is 2. The summed E-state index contributed by atoms with van der Waals surface area (Å²) in [7, 11) is 0. The van der Waals surface area contributed by atoms with Crippen LogP contribution in [-0.4, -0.2) is 37.1 Å². The van der Waals surface area contributed by atoms with Crippen molar-refractivity contribution in [2.24, 2.45) is 21.7 Å². The van der Waals surface area contributed by atoms with Crippen LogP contribution in [-0.2, 0) is 19.1 Å². The van der Waals surface area contributed by atoms with Gasteiger partial charge in [0.15, 0.2) is 11.5 Å². The molecule has 0 aliphatic heterocycles. The van der Waals surface area contributed by atoms with E-state index in [4.69, 9.17) is 88.6 Å². The Morgan fingerprint density at radius 2 is 0.812 bits per heavy atom.